The summed E-state index contributed by atoms with van der Waals surface area (Å²) >= 11 is 1.87. The number of hydrogen-bond acceptors (Lipinski definition) is 3. The molecule has 1 aliphatic carbocycles. The minimum atomic E-state index is -0.204. The van der Waals surface area contributed by atoms with Crippen LogP contribution in [0, 0.1) is 0 Å². The topological polar surface area (TPSA) is 46.3 Å². The quantitative estimate of drug-likeness (QED) is 0.195. The van der Waals surface area contributed by atoms with Gasteiger partial charge in [-0.3, -0.25) is 9.88 Å². The van der Waals surface area contributed by atoms with E-state index >= 15 is 0 Å². The molecular weight excluding hydrogens is 629 g/mol. The Labute approximate surface area is 294 Å². The third-order valence-corrected chi connectivity index (χ3v) is 11.3. The molecule has 8 aromatic rings. The first kappa shape index (κ1) is 29.1. The molecule has 50 heavy (non-hydrogen) atoms. The van der Waals surface area contributed by atoms with Crippen LogP contribution in [0.25, 0.3) is 53.1 Å². The molecule has 1 aliphatic heterocycles. The second kappa shape index (κ2) is 11.9. The molecule has 0 saturated heterocycles. The highest BCUT2D eigenvalue weighted by molar-refractivity contribution is 7.26. The monoisotopic (exact) mass is 661 g/mol. The third kappa shape index (κ3) is 4.85. The lowest BCUT2D eigenvalue weighted by Gasteiger charge is -2.21. The van der Waals surface area contributed by atoms with E-state index in [1.807, 2.05) is 11.3 Å². The van der Waals surface area contributed by atoms with Crippen LogP contribution in [0.4, 0.5) is 0 Å². The Balaban J connectivity index is 1.19. The van der Waals surface area contributed by atoms with E-state index in [0.717, 1.165) is 28.9 Å². The van der Waals surface area contributed by atoms with E-state index in [2.05, 4.69) is 174 Å². The van der Waals surface area contributed by atoms with Gasteiger partial charge in [0.1, 0.15) is 0 Å². The van der Waals surface area contributed by atoms with Gasteiger partial charge in [0.05, 0.1) is 16.6 Å². The second-order valence-electron chi connectivity index (χ2n) is 13.1. The number of aliphatic imine (C=N–C) groups is 2. The van der Waals surface area contributed by atoms with E-state index in [4.69, 9.17) is 9.98 Å². The first-order valence-corrected chi connectivity index (χ1v) is 18.0. The Hall–Kier alpha value is -5.88. The molecule has 0 fully saturated rings. The Morgan fingerprint density at radius 3 is 2.30 bits per heavy atom. The van der Waals surface area contributed by atoms with E-state index in [-0.39, 0.29) is 6.17 Å². The smallest absolute Gasteiger partial charge is 0.240 e. The van der Waals surface area contributed by atoms with Crippen molar-refractivity contribution in [2.75, 3.05) is 0 Å². The minimum Gasteiger partial charge on any atom is -0.278 e. The summed E-state index contributed by atoms with van der Waals surface area (Å²) in [6.45, 7) is 0. The predicted octanol–water partition coefficient (Wildman–Crippen LogP) is 10.4. The van der Waals surface area contributed by atoms with Gasteiger partial charge in [-0.05, 0) is 59.5 Å². The summed E-state index contributed by atoms with van der Waals surface area (Å²) in [5.41, 5.74) is 8.15. The van der Waals surface area contributed by atoms with Crippen LogP contribution in [0.2, 0.25) is 0 Å². The lowest BCUT2D eigenvalue weighted by atomic mass is 9.91. The molecule has 2 unspecified atom stereocenters. The number of thiophene rings is 1. The van der Waals surface area contributed by atoms with Crippen LogP contribution in [0.5, 0.6) is 0 Å². The Bertz CT molecular complexity index is 2730. The first-order valence-electron chi connectivity index (χ1n) is 17.2. The number of benzene rings is 6. The molecule has 2 aromatic heterocycles. The molecule has 2 N–H and O–H groups in total. The highest BCUT2D eigenvalue weighted by Crippen LogP contribution is 2.42. The van der Waals surface area contributed by atoms with E-state index < -0.39 is 0 Å². The van der Waals surface area contributed by atoms with Crippen molar-refractivity contribution in [1.82, 2.24) is 4.57 Å². The molecule has 0 spiro atoms. The Kier molecular flexibility index (Phi) is 6.93. The van der Waals surface area contributed by atoms with Crippen molar-refractivity contribution in [1.29, 1.82) is 0 Å². The van der Waals surface area contributed by atoms with Gasteiger partial charge in [0.15, 0.2) is 0 Å². The number of hydrogen-bond donors (Lipinski definition) is 1. The molecule has 0 bridgehead atoms. The Morgan fingerprint density at radius 2 is 1.40 bits per heavy atom. The summed E-state index contributed by atoms with van der Waals surface area (Å²) in [5, 5.41) is 7.31. The normalized spacial score (nSPS) is 17.5. The summed E-state index contributed by atoms with van der Waals surface area (Å²) in [6.07, 6.45) is 9.65. The molecule has 0 amide bonds. The number of rotatable bonds is 4. The van der Waals surface area contributed by atoms with Gasteiger partial charge in [0, 0.05) is 42.4 Å². The lowest BCUT2D eigenvalue weighted by Crippen LogP contribution is -2.90. The van der Waals surface area contributed by atoms with Gasteiger partial charge < -0.3 is 0 Å². The summed E-state index contributed by atoms with van der Waals surface area (Å²) in [7, 11) is 0. The number of allylic oxidation sites excluding steroid dienone is 4. The first-order chi connectivity index (χ1) is 24.8. The average Bonchev–Trinajstić information content (AvgIpc) is 3.74. The second-order valence-corrected chi connectivity index (χ2v) is 14.1. The van der Waals surface area contributed by atoms with Crippen molar-refractivity contribution >= 4 is 65.1 Å². The molecule has 5 heteroatoms. The fourth-order valence-corrected chi connectivity index (χ4v) is 8.92. The maximum absolute atomic E-state index is 5.47. The van der Waals surface area contributed by atoms with Gasteiger partial charge in [-0.1, -0.05) is 127 Å². The van der Waals surface area contributed by atoms with E-state index in [1.165, 1.54) is 53.2 Å². The maximum Gasteiger partial charge on any atom is 0.240 e. The lowest BCUT2D eigenvalue weighted by molar-refractivity contribution is -0.586. The SMILES string of the molecule is C1=CCC(c2cccc(C3N=C(n4c5ccccc5c5c6sc7ccccc7c6ccc54)N=C(c4cccc(-c5ccccc5)c4)[NH2+]3)c2)C=C1. The third-order valence-electron chi connectivity index (χ3n) is 10.1. The molecule has 2 aliphatic rings. The van der Waals surface area contributed by atoms with Crippen LogP contribution in [-0.2, 0) is 0 Å². The molecule has 6 aromatic carbocycles. The summed E-state index contributed by atoms with van der Waals surface area (Å²) in [5.74, 6) is 2.00. The molecule has 2 atom stereocenters. The van der Waals surface area contributed by atoms with Crippen molar-refractivity contribution in [3.63, 3.8) is 0 Å². The number of amidine groups is 1. The van der Waals surface area contributed by atoms with Crippen LogP contribution in [0.15, 0.2) is 174 Å². The Morgan fingerprint density at radius 1 is 0.620 bits per heavy atom. The predicted molar refractivity (Wildman–Crippen MR) is 210 cm³/mol. The fourth-order valence-electron chi connectivity index (χ4n) is 7.66. The maximum atomic E-state index is 5.47. The number of aromatic nitrogens is 1. The zero-order valence-corrected chi connectivity index (χ0v) is 28.1. The van der Waals surface area contributed by atoms with E-state index in [9.17, 15) is 0 Å². The van der Waals surface area contributed by atoms with Gasteiger partial charge in [0.25, 0.3) is 0 Å². The molecule has 4 nitrogen and oxygen atoms in total. The summed E-state index contributed by atoms with van der Waals surface area (Å²) in [6, 6.07) is 50.3. The van der Waals surface area contributed by atoms with E-state index in [0.29, 0.717) is 11.9 Å². The highest BCUT2D eigenvalue weighted by Gasteiger charge is 2.29. The van der Waals surface area contributed by atoms with Gasteiger partial charge in [0.2, 0.25) is 18.0 Å². The van der Waals surface area contributed by atoms with Crippen molar-refractivity contribution in [2.24, 2.45) is 9.98 Å². The van der Waals surface area contributed by atoms with Crippen molar-refractivity contribution < 1.29 is 5.32 Å². The molecule has 10 rings (SSSR count). The van der Waals surface area contributed by atoms with E-state index in [1.54, 1.807) is 0 Å². The summed E-state index contributed by atoms with van der Waals surface area (Å²) < 4.78 is 4.90. The molecule has 0 radical (unpaired) electrons. The van der Waals surface area contributed by atoms with Gasteiger partial charge in [-0.15, -0.1) is 11.3 Å². The number of para-hydroxylation sites is 1. The number of fused-ring (bicyclic) bond motifs is 7. The van der Waals surface area contributed by atoms with Crippen molar-refractivity contribution in [3.05, 3.63) is 181 Å². The fraction of sp³-hybridized carbons (Fsp3) is 0.0667. The number of nitrogens with zero attached hydrogens (tertiary/aromatic N) is 3. The summed E-state index contributed by atoms with van der Waals surface area (Å²) in [4.78, 5) is 10.9. The van der Waals surface area contributed by atoms with Gasteiger partial charge >= 0.3 is 0 Å². The van der Waals surface area contributed by atoms with Crippen LogP contribution < -0.4 is 5.32 Å². The number of quaternary nitrogens is 1. The molecule has 0 saturated carbocycles. The minimum absolute atomic E-state index is 0.204. The standard InChI is InChI=1S/C45H32N4S/c1-3-13-29(14-4-1)31-17-11-19-33(27-31)43-46-44(34-20-12-18-32(28-34)30-15-5-2-6-16-30)48-45(47-43)49-38-23-9-7-22-37(38)41-39(49)26-25-36-35-21-8-10-24-40(35)50-42(36)41/h1-15,17-28,30,44H,16H2,(H,46,47,48)/p+1. The molecule has 3 heterocycles. The van der Waals surface area contributed by atoms with Crippen LogP contribution >= 0.6 is 11.3 Å². The zero-order valence-electron chi connectivity index (χ0n) is 27.3. The van der Waals surface area contributed by atoms with Crippen molar-refractivity contribution in [2.45, 2.75) is 18.5 Å². The van der Waals surface area contributed by atoms with Crippen LogP contribution in [-0.4, -0.2) is 16.4 Å². The van der Waals surface area contributed by atoms with Gasteiger partial charge in [-0.25, -0.2) is 0 Å². The van der Waals surface area contributed by atoms with Gasteiger partial charge in [-0.2, -0.15) is 9.98 Å². The number of nitrogens with two attached hydrogens (primary N) is 1. The zero-order chi connectivity index (χ0) is 33.0. The van der Waals surface area contributed by atoms with Crippen LogP contribution in [0.1, 0.15) is 35.2 Å². The molecule has 238 valence electrons. The van der Waals surface area contributed by atoms with Crippen molar-refractivity contribution in [3.8, 4) is 11.1 Å². The largest absolute Gasteiger partial charge is 0.278 e. The highest BCUT2D eigenvalue weighted by atomic mass is 32.1. The van der Waals surface area contributed by atoms with Crippen LogP contribution in [0.3, 0.4) is 0 Å². The average molecular weight is 662 g/mol. The molecular formula is C45H33N4S+.